The second-order valence-electron chi connectivity index (χ2n) is 2.58. The van der Waals surface area contributed by atoms with Gasteiger partial charge in [0.15, 0.2) is 0 Å². The van der Waals surface area contributed by atoms with Gasteiger partial charge in [0.05, 0.1) is 12.7 Å². The average Bonchev–Trinajstić information content (AvgIpc) is 1.96. The van der Waals surface area contributed by atoms with Crippen molar-refractivity contribution in [3.05, 3.63) is 0 Å². The number of ether oxygens (including phenoxy) is 1. The van der Waals surface area contributed by atoms with Crippen LogP contribution in [0.4, 0.5) is 0 Å². The second kappa shape index (κ2) is 3.46. The van der Waals surface area contributed by atoms with Crippen LogP contribution in [0.15, 0.2) is 0 Å². The molecule has 0 aliphatic carbocycles. The van der Waals surface area contributed by atoms with Crippen LogP contribution in [0, 0.1) is 0 Å². The lowest BCUT2D eigenvalue weighted by atomic mass is 10.0. The Labute approximate surface area is 63.8 Å². The summed E-state index contributed by atoms with van der Waals surface area (Å²) in [4.78, 5) is 0. The van der Waals surface area contributed by atoms with Crippen molar-refractivity contribution < 1.29 is 25.2 Å². The second-order valence-corrected chi connectivity index (χ2v) is 2.58. The van der Waals surface area contributed by atoms with E-state index in [0.717, 1.165) is 0 Å². The van der Waals surface area contributed by atoms with Crippen LogP contribution < -0.4 is 5.11 Å². The van der Waals surface area contributed by atoms with Crippen molar-refractivity contribution in [1.82, 2.24) is 0 Å². The fraction of sp³-hybridized carbons (Fsp3) is 1.00. The van der Waals surface area contributed by atoms with Crippen molar-refractivity contribution in [3.8, 4) is 0 Å². The highest BCUT2D eigenvalue weighted by molar-refractivity contribution is 4.81. The first-order chi connectivity index (χ1) is 5.15. The first-order valence-electron chi connectivity index (χ1n) is 3.43. The van der Waals surface area contributed by atoms with Gasteiger partial charge in [0.25, 0.3) is 0 Å². The maximum atomic E-state index is 10.7. The maximum absolute atomic E-state index is 10.7. The largest absolute Gasteiger partial charge is 0.831 e. The third-order valence-electron chi connectivity index (χ3n) is 1.72. The molecule has 4 atom stereocenters. The Balaban J connectivity index is 2.51. The molecule has 5 nitrogen and oxygen atoms in total. The summed E-state index contributed by atoms with van der Waals surface area (Å²) in [6, 6.07) is 0. The Morgan fingerprint density at radius 2 is 2.09 bits per heavy atom. The molecule has 1 fully saturated rings. The molecule has 0 aromatic rings. The zero-order valence-corrected chi connectivity index (χ0v) is 5.88. The standard InChI is InChI=1S/C6H11O5/c7-2-4-6(10)3(8)1-5(9)11-4/h3-8,10H,1-2H2/q-1/t3-,4-,5?,6-/m1/s1. The van der Waals surface area contributed by atoms with E-state index < -0.39 is 31.2 Å². The fourth-order valence-electron chi connectivity index (χ4n) is 1.07. The molecule has 66 valence electrons. The summed E-state index contributed by atoms with van der Waals surface area (Å²) in [6.45, 7) is -0.447. The van der Waals surface area contributed by atoms with Crippen LogP contribution in [0.3, 0.4) is 0 Å². The Hall–Kier alpha value is -0.200. The Kier molecular flexibility index (Phi) is 2.80. The molecule has 0 spiro atoms. The molecule has 1 heterocycles. The van der Waals surface area contributed by atoms with Gasteiger partial charge in [-0.3, -0.25) is 0 Å². The fourth-order valence-corrected chi connectivity index (χ4v) is 1.07. The Bertz CT molecular complexity index is 128. The van der Waals surface area contributed by atoms with Gasteiger partial charge in [-0.2, -0.15) is 0 Å². The summed E-state index contributed by atoms with van der Waals surface area (Å²) in [7, 11) is 0. The predicted octanol–water partition coefficient (Wildman–Crippen LogP) is -2.82. The normalized spacial score (nSPS) is 45.8. The van der Waals surface area contributed by atoms with Crippen molar-refractivity contribution in [2.45, 2.75) is 31.0 Å². The van der Waals surface area contributed by atoms with Crippen molar-refractivity contribution in [2.24, 2.45) is 0 Å². The lowest BCUT2D eigenvalue weighted by Gasteiger charge is -2.39. The average molecular weight is 163 g/mol. The molecule has 1 saturated heterocycles. The van der Waals surface area contributed by atoms with E-state index in [-0.39, 0.29) is 6.42 Å². The highest BCUT2D eigenvalue weighted by Crippen LogP contribution is 2.16. The van der Waals surface area contributed by atoms with Gasteiger partial charge in [-0.05, 0) is 12.7 Å². The third kappa shape index (κ3) is 1.88. The molecule has 0 radical (unpaired) electrons. The molecule has 0 aromatic carbocycles. The minimum atomic E-state index is -1.34. The van der Waals surface area contributed by atoms with Crippen molar-refractivity contribution in [3.63, 3.8) is 0 Å². The van der Waals surface area contributed by atoms with Gasteiger partial charge in [0.2, 0.25) is 0 Å². The molecule has 11 heavy (non-hydrogen) atoms. The first kappa shape index (κ1) is 8.89. The van der Waals surface area contributed by atoms with Crippen LogP contribution in [-0.4, -0.2) is 46.5 Å². The van der Waals surface area contributed by atoms with Gasteiger partial charge in [-0.25, -0.2) is 0 Å². The van der Waals surface area contributed by atoms with Crippen LogP contribution >= 0.6 is 0 Å². The van der Waals surface area contributed by atoms with Crippen molar-refractivity contribution in [1.29, 1.82) is 0 Å². The lowest BCUT2D eigenvalue weighted by Crippen LogP contribution is -2.53. The minimum Gasteiger partial charge on any atom is -0.831 e. The zero-order valence-electron chi connectivity index (χ0n) is 5.88. The van der Waals surface area contributed by atoms with Crippen LogP contribution in [0.5, 0.6) is 0 Å². The van der Waals surface area contributed by atoms with E-state index in [9.17, 15) is 5.11 Å². The first-order valence-corrected chi connectivity index (χ1v) is 3.43. The summed E-state index contributed by atoms with van der Waals surface area (Å²) >= 11 is 0. The van der Waals surface area contributed by atoms with E-state index in [1.165, 1.54) is 0 Å². The highest BCUT2D eigenvalue weighted by atomic mass is 16.6. The number of aliphatic hydroxyl groups excluding tert-OH is 3. The van der Waals surface area contributed by atoms with Crippen molar-refractivity contribution in [2.75, 3.05) is 6.61 Å². The van der Waals surface area contributed by atoms with E-state index in [2.05, 4.69) is 4.74 Å². The molecule has 0 saturated carbocycles. The van der Waals surface area contributed by atoms with Crippen LogP contribution in [0.25, 0.3) is 0 Å². The van der Waals surface area contributed by atoms with E-state index in [0.29, 0.717) is 0 Å². The number of hydrogen-bond donors (Lipinski definition) is 3. The molecular formula is C6H11O5-. The van der Waals surface area contributed by atoms with E-state index in [1.807, 2.05) is 0 Å². The van der Waals surface area contributed by atoms with Crippen LogP contribution in [0.1, 0.15) is 6.42 Å². The minimum absolute atomic E-state index is 0.127. The van der Waals surface area contributed by atoms with Gasteiger partial charge in [0, 0.05) is 0 Å². The topological polar surface area (TPSA) is 93.0 Å². The molecule has 1 unspecified atom stereocenters. The maximum Gasteiger partial charge on any atom is 0.108 e. The van der Waals surface area contributed by atoms with Gasteiger partial charge in [-0.1, -0.05) is 0 Å². The summed E-state index contributed by atoms with van der Waals surface area (Å²) in [5.74, 6) is 0. The summed E-state index contributed by atoms with van der Waals surface area (Å²) in [5, 5.41) is 37.3. The predicted molar refractivity (Wildman–Crippen MR) is 32.4 cm³/mol. The smallest absolute Gasteiger partial charge is 0.108 e. The molecule has 5 heteroatoms. The van der Waals surface area contributed by atoms with E-state index in [1.54, 1.807) is 0 Å². The van der Waals surface area contributed by atoms with E-state index >= 15 is 0 Å². The molecule has 3 N–H and O–H groups in total. The number of rotatable bonds is 1. The monoisotopic (exact) mass is 163 g/mol. The van der Waals surface area contributed by atoms with Gasteiger partial charge in [-0.15, -0.1) is 0 Å². The van der Waals surface area contributed by atoms with Gasteiger partial charge < -0.3 is 25.2 Å². The Morgan fingerprint density at radius 3 is 2.64 bits per heavy atom. The molecule has 0 aromatic heterocycles. The SMILES string of the molecule is [O-]C1C[C@@H](O)[C@@H](O)[C@@H](CO)O1. The quantitative estimate of drug-likeness (QED) is 0.387. The summed E-state index contributed by atoms with van der Waals surface area (Å²) in [6.07, 6.45) is -4.64. The molecule has 1 aliphatic rings. The van der Waals surface area contributed by atoms with Crippen molar-refractivity contribution >= 4 is 0 Å². The third-order valence-corrected chi connectivity index (χ3v) is 1.72. The molecule has 1 aliphatic heterocycles. The molecular weight excluding hydrogens is 152 g/mol. The number of aliphatic hydroxyl groups is 3. The highest BCUT2D eigenvalue weighted by Gasteiger charge is 2.32. The molecule has 0 bridgehead atoms. The zero-order chi connectivity index (χ0) is 8.43. The van der Waals surface area contributed by atoms with Gasteiger partial charge >= 0.3 is 0 Å². The van der Waals surface area contributed by atoms with Gasteiger partial charge in [0.1, 0.15) is 12.2 Å². The van der Waals surface area contributed by atoms with Crippen LogP contribution in [-0.2, 0) is 4.74 Å². The van der Waals surface area contributed by atoms with E-state index in [4.69, 9.17) is 15.3 Å². The Morgan fingerprint density at radius 1 is 1.45 bits per heavy atom. The summed E-state index contributed by atoms with van der Waals surface area (Å²) < 4.78 is 4.60. The van der Waals surface area contributed by atoms with Crippen LogP contribution in [0.2, 0.25) is 0 Å². The summed E-state index contributed by atoms with van der Waals surface area (Å²) in [5.41, 5.74) is 0. The molecule has 1 rings (SSSR count). The number of hydrogen-bond acceptors (Lipinski definition) is 5. The lowest BCUT2D eigenvalue weighted by molar-refractivity contribution is -0.514. The molecule has 0 amide bonds.